The molecule has 1 heterocycles. The summed E-state index contributed by atoms with van der Waals surface area (Å²) in [5.74, 6) is 0.663. The van der Waals surface area contributed by atoms with Gasteiger partial charge in [-0.1, -0.05) is 12.1 Å². The number of alkyl halides is 3. The summed E-state index contributed by atoms with van der Waals surface area (Å²) < 4.78 is 63.4. The van der Waals surface area contributed by atoms with Crippen LogP contribution in [0.4, 0.5) is 13.2 Å². The Bertz CT molecular complexity index is 1080. The molecule has 0 spiro atoms. The Morgan fingerprint density at radius 3 is 2.53 bits per heavy atom. The van der Waals surface area contributed by atoms with Crippen molar-refractivity contribution in [2.45, 2.75) is 16.0 Å². The Hall–Kier alpha value is -2.14. The Kier molecular flexibility index (Phi) is 7.35. The van der Waals surface area contributed by atoms with Crippen LogP contribution < -0.4 is 10.0 Å². The largest absolute Gasteiger partial charge is 0.416 e. The highest BCUT2D eigenvalue weighted by Crippen LogP contribution is 2.30. The van der Waals surface area contributed by atoms with Crippen molar-refractivity contribution in [2.24, 2.45) is 0 Å². The summed E-state index contributed by atoms with van der Waals surface area (Å²) in [5.41, 5.74) is -0.661. The van der Waals surface area contributed by atoms with Gasteiger partial charge >= 0.3 is 16.2 Å². The molecule has 10 heteroatoms. The number of nitrogens with one attached hydrogen (secondary N) is 2. The molecule has 0 aliphatic rings. The number of benzene rings is 2. The van der Waals surface area contributed by atoms with Crippen LogP contribution in [0.25, 0.3) is 10.8 Å². The first kappa shape index (κ1) is 22.5. The number of hydrogen-bond acceptors (Lipinski definition) is 4. The number of pyridine rings is 1. The molecule has 0 fully saturated rings. The second-order valence-electron chi connectivity index (χ2n) is 6.39. The highest BCUT2D eigenvalue weighted by atomic mass is 32.2. The van der Waals surface area contributed by atoms with E-state index in [2.05, 4.69) is 15.0 Å². The van der Waals surface area contributed by atoms with Gasteiger partial charge in [-0.15, -0.1) is 11.8 Å². The minimum atomic E-state index is -4.33. The van der Waals surface area contributed by atoms with Crippen molar-refractivity contribution < 1.29 is 21.6 Å². The standard InChI is InChI=1S/C20H20F3N3O2S2/c21-20(22,23)16-4-6-17(7-5-16)29-13-12-24-10-11-26-30(27,28)19-3-1-2-15-14-25-9-8-18(15)19/h1-9,14,24H,10-13H2,(H,26,27,28)/p+1. The van der Waals surface area contributed by atoms with Gasteiger partial charge in [-0.05, 0) is 36.4 Å². The molecular weight excluding hydrogens is 435 g/mol. The number of rotatable bonds is 9. The van der Waals surface area contributed by atoms with Crippen LogP contribution in [0.2, 0.25) is 0 Å². The number of hydrogen-bond donors (Lipinski definition) is 2. The van der Waals surface area contributed by atoms with Crippen LogP contribution in [0.1, 0.15) is 5.56 Å². The van der Waals surface area contributed by atoms with E-state index in [1.807, 2.05) is 6.07 Å². The number of nitrogens with zero attached hydrogens (tertiary/aromatic N) is 1. The quantitative estimate of drug-likeness (QED) is 0.289. The molecule has 0 bridgehead atoms. The smallest absolute Gasteiger partial charge is 0.315 e. The predicted octanol–water partition coefficient (Wildman–Crippen LogP) is 4.07. The van der Waals surface area contributed by atoms with Gasteiger partial charge in [-0.3, -0.25) is 4.98 Å². The average molecular weight is 457 g/mol. The lowest BCUT2D eigenvalue weighted by molar-refractivity contribution is -0.137. The second-order valence-corrected chi connectivity index (χ2v) is 9.34. The molecule has 3 rings (SSSR count). The highest BCUT2D eigenvalue weighted by Gasteiger charge is 2.29. The molecule has 0 amide bonds. The van der Waals surface area contributed by atoms with Crippen LogP contribution in [-0.2, 0) is 16.2 Å². The Labute approximate surface area is 177 Å². The van der Waals surface area contributed by atoms with E-state index in [4.69, 9.17) is 0 Å². The zero-order chi connectivity index (χ0) is 21.6. The van der Waals surface area contributed by atoms with E-state index in [0.29, 0.717) is 29.1 Å². The molecule has 160 valence electrons. The van der Waals surface area contributed by atoms with E-state index in [1.165, 1.54) is 23.9 Å². The lowest BCUT2D eigenvalue weighted by Gasteiger charge is -2.08. The lowest BCUT2D eigenvalue weighted by atomic mass is 10.2. The van der Waals surface area contributed by atoms with Gasteiger partial charge in [0.2, 0.25) is 0 Å². The predicted molar refractivity (Wildman–Crippen MR) is 113 cm³/mol. The maximum atomic E-state index is 12.7. The van der Waals surface area contributed by atoms with Crippen molar-refractivity contribution in [2.75, 3.05) is 25.4 Å². The maximum Gasteiger partial charge on any atom is 0.416 e. The number of thioether (sulfide) groups is 1. The van der Waals surface area contributed by atoms with Crippen molar-refractivity contribution >= 4 is 32.6 Å². The van der Waals surface area contributed by atoms with Gasteiger partial charge in [-0.25, -0.2) is 4.21 Å². The first-order valence-corrected chi connectivity index (χ1v) is 11.6. The summed E-state index contributed by atoms with van der Waals surface area (Å²) in [6.45, 7) is 1.36. The van der Waals surface area contributed by atoms with E-state index in [0.717, 1.165) is 22.4 Å². The Morgan fingerprint density at radius 2 is 1.80 bits per heavy atom. The van der Waals surface area contributed by atoms with Gasteiger partial charge in [-0.2, -0.15) is 22.1 Å². The Morgan fingerprint density at radius 1 is 1.03 bits per heavy atom. The molecule has 0 saturated heterocycles. The van der Waals surface area contributed by atoms with Gasteiger partial charge in [0.1, 0.15) is 4.90 Å². The lowest BCUT2D eigenvalue weighted by Crippen LogP contribution is -2.32. The summed E-state index contributed by atoms with van der Waals surface area (Å²) in [7, 11) is -3.40. The molecule has 0 aliphatic carbocycles. The van der Waals surface area contributed by atoms with E-state index < -0.39 is 21.8 Å². The van der Waals surface area contributed by atoms with Crippen LogP contribution in [0, 0.1) is 0 Å². The molecule has 0 aliphatic heterocycles. The average Bonchev–Trinajstić information content (AvgIpc) is 2.72. The van der Waals surface area contributed by atoms with Crippen molar-refractivity contribution in [1.29, 1.82) is 0 Å². The van der Waals surface area contributed by atoms with Crippen LogP contribution in [-0.4, -0.2) is 38.8 Å². The summed E-state index contributed by atoms with van der Waals surface area (Å²) in [6.07, 6.45) is -1.10. The molecule has 3 N–H and O–H groups in total. The number of halogens is 3. The normalized spacial score (nSPS) is 14.0. The maximum absolute atomic E-state index is 12.7. The van der Waals surface area contributed by atoms with E-state index in [9.17, 15) is 21.6 Å². The van der Waals surface area contributed by atoms with Gasteiger partial charge in [0.05, 0.1) is 5.56 Å². The van der Waals surface area contributed by atoms with E-state index >= 15 is 0 Å². The van der Waals surface area contributed by atoms with Crippen LogP contribution in [0.15, 0.2) is 70.7 Å². The highest BCUT2D eigenvalue weighted by molar-refractivity contribution is 7.99. The third kappa shape index (κ3) is 5.94. The fourth-order valence-electron chi connectivity index (χ4n) is 2.80. The van der Waals surface area contributed by atoms with Crippen LogP contribution in [0.5, 0.6) is 0 Å². The van der Waals surface area contributed by atoms with Gasteiger partial charge in [0.15, 0.2) is 0 Å². The molecule has 1 unspecified atom stereocenters. The third-order valence-corrected chi connectivity index (χ3v) is 6.83. The first-order valence-electron chi connectivity index (χ1n) is 9.12. The topological polar surface area (TPSA) is 75.4 Å². The first-order chi connectivity index (χ1) is 14.3. The summed E-state index contributed by atoms with van der Waals surface area (Å²) in [5, 5.41) is 4.61. The van der Waals surface area contributed by atoms with Gasteiger partial charge < -0.3 is 5.32 Å². The molecule has 1 aromatic heterocycles. The minimum absolute atomic E-state index is 0.280. The molecule has 3 aromatic rings. The van der Waals surface area contributed by atoms with Gasteiger partial charge in [0.25, 0.3) is 0 Å². The molecule has 30 heavy (non-hydrogen) atoms. The minimum Gasteiger partial charge on any atom is -0.315 e. The molecule has 5 nitrogen and oxygen atoms in total. The molecule has 0 saturated carbocycles. The number of fused-ring (bicyclic) bond motifs is 1. The van der Waals surface area contributed by atoms with Crippen molar-refractivity contribution in [1.82, 2.24) is 15.0 Å². The van der Waals surface area contributed by atoms with Gasteiger partial charge in [0, 0.05) is 53.4 Å². The molecule has 0 radical (unpaired) electrons. The van der Waals surface area contributed by atoms with Crippen LogP contribution in [0.3, 0.4) is 0 Å². The van der Waals surface area contributed by atoms with Crippen molar-refractivity contribution in [3.05, 3.63) is 66.5 Å². The molecule has 1 atom stereocenters. The Balaban J connectivity index is 1.41. The summed E-state index contributed by atoms with van der Waals surface area (Å²) in [4.78, 5) is 5.10. The SMILES string of the molecule is O=S(=[OH+])(NCCNCCSc1ccc(C(F)(F)F)cc1)c1cccc2cnccc12. The summed E-state index contributed by atoms with van der Waals surface area (Å²) >= 11 is 1.44. The summed E-state index contributed by atoms with van der Waals surface area (Å²) in [6, 6.07) is 11.9. The van der Waals surface area contributed by atoms with Crippen LogP contribution >= 0.6 is 11.8 Å². The zero-order valence-corrected chi connectivity index (χ0v) is 17.5. The van der Waals surface area contributed by atoms with E-state index in [-0.39, 0.29) is 6.54 Å². The van der Waals surface area contributed by atoms with Crippen molar-refractivity contribution in [3.63, 3.8) is 0 Å². The molecular formula is C20H21F3N3O2S2+. The monoisotopic (exact) mass is 456 g/mol. The number of aromatic nitrogens is 1. The fourth-order valence-corrected chi connectivity index (χ4v) is 4.89. The zero-order valence-electron chi connectivity index (χ0n) is 15.9. The second kappa shape index (κ2) is 9.78. The third-order valence-electron chi connectivity index (χ3n) is 4.27. The molecule has 2 aromatic carbocycles. The fraction of sp³-hybridized carbons (Fsp3) is 0.250. The van der Waals surface area contributed by atoms with Crippen molar-refractivity contribution in [3.8, 4) is 0 Å². The van der Waals surface area contributed by atoms with E-state index in [1.54, 1.807) is 30.6 Å².